The Morgan fingerprint density at radius 3 is 2.70 bits per heavy atom. The van der Waals surface area contributed by atoms with Crippen LogP contribution in [0.15, 0.2) is 24.3 Å². The van der Waals surface area contributed by atoms with Crippen LogP contribution in [0.4, 0.5) is 0 Å². The molecule has 0 radical (unpaired) electrons. The molecular weight excluding hydrogens is 252 g/mol. The number of hydrogen-bond donors (Lipinski definition) is 2. The first kappa shape index (κ1) is 14.9. The number of rotatable bonds is 6. The molecule has 1 saturated carbocycles. The molecule has 4 nitrogen and oxygen atoms in total. The number of amides is 1. The van der Waals surface area contributed by atoms with E-state index in [1.807, 2.05) is 24.3 Å². The number of ether oxygens (including phenoxy) is 1. The summed E-state index contributed by atoms with van der Waals surface area (Å²) in [7, 11) is 1.65. The molecule has 2 unspecified atom stereocenters. The molecule has 3 N–H and O–H groups in total. The monoisotopic (exact) mass is 276 g/mol. The molecule has 2 rings (SSSR count). The largest absolute Gasteiger partial charge is 0.497 e. The van der Waals surface area contributed by atoms with Crippen molar-refractivity contribution in [2.75, 3.05) is 13.7 Å². The summed E-state index contributed by atoms with van der Waals surface area (Å²) >= 11 is 0. The quantitative estimate of drug-likeness (QED) is 0.833. The minimum atomic E-state index is 0.126. The molecule has 1 aromatic rings. The molecule has 0 saturated heterocycles. The lowest BCUT2D eigenvalue weighted by Crippen LogP contribution is -2.29. The van der Waals surface area contributed by atoms with Gasteiger partial charge < -0.3 is 15.8 Å². The van der Waals surface area contributed by atoms with E-state index in [1.54, 1.807) is 7.11 Å². The number of carbonyl (C=O) groups is 1. The maximum atomic E-state index is 11.8. The van der Waals surface area contributed by atoms with Gasteiger partial charge >= 0.3 is 0 Å². The van der Waals surface area contributed by atoms with Gasteiger partial charge in [0, 0.05) is 19.0 Å². The zero-order valence-electron chi connectivity index (χ0n) is 12.1. The molecule has 0 bridgehead atoms. The van der Waals surface area contributed by atoms with Crippen molar-refractivity contribution in [3.8, 4) is 5.75 Å². The first-order valence-corrected chi connectivity index (χ1v) is 7.32. The van der Waals surface area contributed by atoms with Crippen molar-refractivity contribution in [2.45, 2.75) is 38.1 Å². The number of nitrogens with two attached hydrogens (primary N) is 1. The van der Waals surface area contributed by atoms with Gasteiger partial charge in [-0.3, -0.25) is 4.79 Å². The fourth-order valence-corrected chi connectivity index (χ4v) is 2.70. The lowest BCUT2D eigenvalue weighted by atomic mass is 10.1. The predicted octanol–water partition coefficient (Wildman–Crippen LogP) is 1.87. The van der Waals surface area contributed by atoms with Gasteiger partial charge in [-0.25, -0.2) is 0 Å². The van der Waals surface area contributed by atoms with Crippen LogP contribution in [-0.2, 0) is 11.2 Å². The van der Waals surface area contributed by atoms with Crippen LogP contribution in [-0.4, -0.2) is 25.6 Å². The van der Waals surface area contributed by atoms with E-state index in [2.05, 4.69) is 5.32 Å². The van der Waals surface area contributed by atoms with Crippen molar-refractivity contribution in [2.24, 2.45) is 11.7 Å². The molecule has 1 fully saturated rings. The third kappa shape index (κ3) is 4.53. The van der Waals surface area contributed by atoms with Crippen molar-refractivity contribution < 1.29 is 9.53 Å². The normalized spacial score (nSPS) is 21.7. The molecule has 4 heteroatoms. The number of benzene rings is 1. The topological polar surface area (TPSA) is 64.3 Å². The minimum Gasteiger partial charge on any atom is -0.497 e. The summed E-state index contributed by atoms with van der Waals surface area (Å²) in [6, 6.07) is 8.18. The van der Waals surface area contributed by atoms with Crippen molar-refractivity contribution in [1.82, 2.24) is 5.32 Å². The van der Waals surface area contributed by atoms with Gasteiger partial charge in [0.2, 0.25) is 5.91 Å². The summed E-state index contributed by atoms with van der Waals surface area (Å²) in [4.78, 5) is 11.8. The molecule has 1 aliphatic rings. The van der Waals surface area contributed by atoms with Gasteiger partial charge in [0.15, 0.2) is 0 Å². The Morgan fingerprint density at radius 2 is 2.10 bits per heavy atom. The smallest absolute Gasteiger partial charge is 0.220 e. The van der Waals surface area contributed by atoms with Gasteiger partial charge in [0.1, 0.15) is 5.75 Å². The van der Waals surface area contributed by atoms with Crippen LogP contribution < -0.4 is 15.8 Å². The van der Waals surface area contributed by atoms with E-state index in [-0.39, 0.29) is 5.91 Å². The van der Waals surface area contributed by atoms with Crippen LogP contribution in [0.25, 0.3) is 0 Å². The lowest BCUT2D eigenvalue weighted by molar-refractivity contribution is -0.121. The average molecular weight is 276 g/mol. The highest BCUT2D eigenvalue weighted by Crippen LogP contribution is 2.23. The van der Waals surface area contributed by atoms with E-state index in [0.717, 1.165) is 43.5 Å². The fraction of sp³-hybridized carbons (Fsp3) is 0.562. The number of nitrogens with one attached hydrogen (secondary N) is 1. The Morgan fingerprint density at radius 1 is 1.35 bits per heavy atom. The number of methoxy groups -OCH3 is 1. The maximum absolute atomic E-state index is 11.8. The van der Waals surface area contributed by atoms with E-state index >= 15 is 0 Å². The zero-order valence-corrected chi connectivity index (χ0v) is 12.1. The lowest BCUT2D eigenvalue weighted by Gasteiger charge is -2.11. The third-order valence-corrected chi connectivity index (χ3v) is 3.97. The third-order valence-electron chi connectivity index (χ3n) is 3.97. The molecular formula is C16H24N2O2. The number of carbonyl (C=O) groups excluding carboxylic acids is 1. The molecule has 2 atom stereocenters. The van der Waals surface area contributed by atoms with Crippen LogP contribution in [0.3, 0.4) is 0 Å². The summed E-state index contributed by atoms with van der Waals surface area (Å²) in [5.74, 6) is 1.53. The highest BCUT2D eigenvalue weighted by atomic mass is 16.5. The standard InChI is InChI=1S/C16H24N2O2/c1-20-15-7-3-12(4-8-15)5-9-16(19)18-11-13-2-6-14(17)10-13/h3-4,7-8,13-14H,2,5-6,9-11,17H2,1H3,(H,18,19). The van der Waals surface area contributed by atoms with Crippen LogP contribution in [0, 0.1) is 5.92 Å². The summed E-state index contributed by atoms with van der Waals surface area (Å²) in [6.45, 7) is 0.773. The fourth-order valence-electron chi connectivity index (χ4n) is 2.70. The average Bonchev–Trinajstić information content (AvgIpc) is 2.89. The van der Waals surface area contributed by atoms with Gasteiger partial charge in [-0.05, 0) is 49.3 Å². The minimum absolute atomic E-state index is 0.126. The second-order valence-electron chi connectivity index (χ2n) is 5.59. The van der Waals surface area contributed by atoms with E-state index in [0.29, 0.717) is 18.4 Å². The maximum Gasteiger partial charge on any atom is 0.220 e. The van der Waals surface area contributed by atoms with Crippen LogP contribution in [0.1, 0.15) is 31.2 Å². The highest BCUT2D eigenvalue weighted by Gasteiger charge is 2.21. The van der Waals surface area contributed by atoms with Crippen LogP contribution in [0.2, 0.25) is 0 Å². The van der Waals surface area contributed by atoms with Gasteiger partial charge in [0.25, 0.3) is 0 Å². The van der Waals surface area contributed by atoms with Gasteiger partial charge in [-0.2, -0.15) is 0 Å². The van der Waals surface area contributed by atoms with Crippen LogP contribution >= 0.6 is 0 Å². The Hall–Kier alpha value is -1.55. The molecule has 110 valence electrons. The summed E-state index contributed by atoms with van der Waals surface area (Å²) in [6.07, 6.45) is 4.57. The van der Waals surface area contributed by atoms with E-state index in [9.17, 15) is 4.79 Å². The predicted molar refractivity (Wildman–Crippen MR) is 79.6 cm³/mol. The van der Waals surface area contributed by atoms with Gasteiger partial charge in [-0.1, -0.05) is 12.1 Å². The Labute approximate surface area is 120 Å². The first-order valence-electron chi connectivity index (χ1n) is 7.32. The Kier molecular flexibility index (Phi) is 5.41. The van der Waals surface area contributed by atoms with Gasteiger partial charge in [-0.15, -0.1) is 0 Å². The Balaban J connectivity index is 1.66. The molecule has 0 aliphatic heterocycles. The highest BCUT2D eigenvalue weighted by molar-refractivity contribution is 5.76. The molecule has 1 aromatic carbocycles. The zero-order chi connectivity index (χ0) is 14.4. The summed E-state index contributed by atoms with van der Waals surface area (Å²) in [5, 5.41) is 3.02. The van der Waals surface area contributed by atoms with E-state index in [4.69, 9.17) is 10.5 Å². The number of hydrogen-bond acceptors (Lipinski definition) is 3. The molecule has 1 amide bonds. The second kappa shape index (κ2) is 7.29. The van der Waals surface area contributed by atoms with Crippen molar-refractivity contribution >= 4 is 5.91 Å². The molecule has 0 aromatic heterocycles. The Bertz CT molecular complexity index is 431. The number of aryl methyl sites for hydroxylation is 1. The van der Waals surface area contributed by atoms with Crippen molar-refractivity contribution in [3.05, 3.63) is 29.8 Å². The van der Waals surface area contributed by atoms with Crippen molar-refractivity contribution in [3.63, 3.8) is 0 Å². The molecule has 0 heterocycles. The summed E-state index contributed by atoms with van der Waals surface area (Å²) < 4.78 is 5.11. The van der Waals surface area contributed by atoms with E-state index in [1.165, 1.54) is 0 Å². The molecule has 20 heavy (non-hydrogen) atoms. The summed E-state index contributed by atoms with van der Waals surface area (Å²) in [5.41, 5.74) is 7.02. The molecule has 1 aliphatic carbocycles. The van der Waals surface area contributed by atoms with Gasteiger partial charge in [0.05, 0.1) is 7.11 Å². The van der Waals surface area contributed by atoms with E-state index < -0.39 is 0 Å². The second-order valence-corrected chi connectivity index (χ2v) is 5.59. The van der Waals surface area contributed by atoms with Crippen molar-refractivity contribution in [1.29, 1.82) is 0 Å². The SMILES string of the molecule is COc1ccc(CCC(=O)NCC2CCC(N)C2)cc1. The first-order chi connectivity index (χ1) is 9.67. The van der Waals surface area contributed by atoms with Crippen LogP contribution in [0.5, 0.6) is 5.75 Å². The molecule has 0 spiro atoms.